The van der Waals surface area contributed by atoms with Crippen molar-refractivity contribution in [1.82, 2.24) is 25.9 Å². The van der Waals surface area contributed by atoms with E-state index >= 15 is 0 Å². The maximum Gasteiger partial charge on any atom is 0.258 e. The molecule has 100 valence electrons. The van der Waals surface area contributed by atoms with E-state index in [0.29, 0.717) is 11.6 Å². The average Bonchev–Trinajstić information content (AvgIpc) is 2.92. The van der Waals surface area contributed by atoms with Crippen molar-refractivity contribution < 1.29 is 13.9 Å². The fourth-order valence-electron chi connectivity index (χ4n) is 1.38. The van der Waals surface area contributed by atoms with E-state index in [9.17, 15) is 9.18 Å². The van der Waals surface area contributed by atoms with Crippen LogP contribution >= 0.6 is 0 Å². The minimum Gasteiger partial charge on any atom is -0.484 e. The molecule has 0 bridgehead atoms. The molecule has 0 saturated heterocycles. The number of tetrazole rings is 1. The zero-order valence-corrected chi connectivity index (χ0v) is 10.1. The first-order chi connectivity index (χ1) is 9.15. The number of amides is 1. The fraction of sp³-hybridized carbons (Fsp3) is 0.273. The van der Waals surface area contributed by atoms with Crippen molar-refractivity contribution in [3.63, 3.8) is 0 Å². The number of hydrogen-bond donors (Lipinski definition) is 2. The Morgan fingerprint density at radius 2 is 2.21 bits per heavy atom. The highest BCUT2D eigenvalue weighted by Crippen LogP contribution is 2.11. The van der Waals surface area contributed by atoms with Crippen LogP contribution in [0.25, 0.3) is 0 Å². The van der Waals surface area contributed by atoms with Crippen LogP contribution in [0, 0.1) is 5.82 Å². The highest BCUT2D eigenvalue weighted by molar-refractivity contribution is 5.77. The van der Waals surface area contributed by atoms with Gasteiger partial charge in [0.1, 0.15) is 11.6 Å². The van der Waals surface area contributed by atoms with Gasteiger partial charge >= 0.3 is 0 Å². The maximum atomic E-state index is 12.7. The molecule has 19 heavy (non-hydrogen) atoms. The highest BCUT2D eigenvalue weighted by atomic mass is 19.1. The smallest absolute Gasteiger partial charge is 0.258 e. The van der Waals surface area contributed by atoms with Crippen molar-refractivity contribution in [1.29, 1.82) is 0 Å². The molecule has 0 aliphatic rings. The van der Waals surface area contributed by atoms with Crippen molar-refractivity contribution in [2.75, 3.05) is 6.61 Å². The van der Waals surface area contributed by atoms with E-state index in [1.54, 1.807) is 6.92 Å². The molecular weight excluding hydrogens is 253 g/mol. The summed E-state index contributed by atoms with van der Waals surface area (Å²) in [6.45, 7) is 1.55. The lowest BCUT2D eigenvalue weighted by atomic mass is 10.3. The summed E-state index contributed by atoms with van der Waals surface area (Å²) in [5.74, 6) is 0.114. The zero-order valence-electron chi connectivity index (χ0n) is 10.1. The molecule has 0 fully saturated rings. The molecule has 7 nitrogen and oxygen atoms in total. The van der Waals surface area contributed by atoms with E-state index in [1.165, 1.54) is 24.3 Å². The number of nitrogens with zero attached hydrogens (tertiary/aromatic N) is 3. The summed E-state index contributed by atoms with van der Waals surface area (Å²) in [7, 11) is 0. The van der Waals surface area contributed by atoms with Gasteiger partial charge in [-0.05, 0) is 31.2 Å². The van der Waals surface area contributed by atoms with Crippen molar-refractivity contribution in [3.05, 3.63) is 35.9 Å². The lowest BCUT2D eigenvalue weighted by molar-refractivity contribution is -0.123. The quantitative estimate of drug-likeness (QED) is 0.825. The van der Waals surface area contributed by atoms with Crippen LogP contribution in [-0.4, -0.2) is 33.1 Å². The summed E-state index contributed by atoms with van der Waals surface area (Å²) < 4.78 is 17.9. The number of hydrogen-bond acceptors (Lipinski definition) is 5. The molecule has 2 aromatic rings. The van der Waals surface area contributed by atoms with Crippen LogP contribution in [0.5, 0.6) is 5.75 Å². The van der Waals surface area contributed by atoms with Crippen LogP contribution in [-0.2, 0) is 4.79 Å². The van der Waals surface area contributed by atoms with Crippen LogP contribution < -0.4 is 10.1 Å². The van der Waals surface area contributed by atoms with E-state index in [-0.39, 0.29) is 24.4 Å². The van der Waals surface area contributed by atoms with Crippen molar-refractivity contribution in [2.24, 2.45) is 0 Å². The topological polar surface area (TPSA) is 92.8 Å². The van der Waals surface area contributed by atoms with Gasteiger partial charge in [0.05, 0.1) is 6.04 Å². The predicted molar refractivity (Wildman–Crippen MR) is 62.6 cm³/mol. The number of ether oxygens (including phenoxy) is 1. The Kier molecular flexibility index (Phi) is 4.01. The summed E-state index contributed by atoms with van der Waals surface area (Å²) in [6, 6.07) is 5.05. The third-order valence-corrected chi connectivity index (χ3v) is 2.31. The second kappa shape index (κ2) is 5.89. The van der Waals surface area contributed by atoms with Gasteiger partial charge < -0.3 is 10.1 Å². The maximum absolute atomic E-state index is 12.7. The van der Waals surface area contributed by atoms with Gasteiger partial charge in [0.25, 0.3) is 5.91 Å². The Bertz CT molecular complexity index is 529. The molecule has 1 unspecified atom stereocenters. The van der Waals surface area contributed by atoms with Gasteiger partial charge in [-0.2, -0.15) is 5.21 Å². The number of aromatic amines is 1. The molecule has 2 rings (SSSR count). The van der Waals surface area contributed by atoms with Crippen LogP contribution in [0.15, 0.2) is 24.3 Å². The van der Waals surface area contributed by atoms with E-state index in [0.717, 1.165) is 0 Å². The second-order valence-corrected chi connectivity index (χ2v) is 3.80. The normalized spacial score (nSPS) is 11.9. The van der Waals surface area contributed by atoms with E-state index in [1.807, 2.05) is 0 Å². The van der Waals surface area contributed by atoms with Crippen LogP contribution in [0.3, 0.4) is 0 Å². The number of rotatable bonds is 5. The van der Waals surface area contributed by atoms with E-state index in [4.69, 9.17) is 4.74 Å². The van der Waals surface area contributed by atoms with E-state index < -0.39 is 0 Å². The largest absolute Gasteiger partial charge is 0.484 e. The van der Waals surface area contributed by atoms with Crippen molar-refractivity contribution in [2.45, 2.75) is 13.0 Å². The van der Waals surface area contributed by atoms with Crippen LogP contribution in [0.2, 0.25) is 0 Å². The van der Waals surface area contributed by atoms with Gasteiger partial charge in [0.2, 0.25) is 0 Å². The lowest BCUT2D eigenvalue weighted by Gasteiger charge is -2.10. The number of nitrogens with one attached hydrogen (secondary N) is 2. The van der Waals surface area contributed by atoms with Gasteiger partial charge in [-0.3, -0.25) is 4.79 Å². The molecule has 1 heterocycles. The van der Waals surface area contributed by atoms with Gasteiger partial charge in [-0.25, -0.2) is 4.39 Å². The molecule has 1 aromatic heterocycles. The minimum atomic E-state index is -0.372. The summed E-state index contributed by atoms with van der Waals surface area (Å²) in [6.07, 6.45) is 0. The molecule has 1 amide bonds. The second-order valence-electron chi connectivity index (χ2n) is 3.80. The van der Waals surface area contributed by atoms with Crippen molar-refractivity contribution in [3.8, 4) is 5.75 Å². The predicted octanol–water partition coefficient (Wildman–Crippen LogP) is 0.595. The molecule has 1 aromatic carbocycles. The molecule has 1 atom stereocenters. The van der Waals surface area contributed by atoms with Crippen LogP contribution in [0.4, 0.5) is 4.39 Å². The Morgan fingerprint density at radius 3 is 2.84 bits per heavy atom. The first-order valence-electron chi connectivity index (χ1n) is 5.56. The Morgan fingerprint density at radius 1 is 1.47 bits per heavy atom. The Hall–Kier alpha value is -2.51. The molecule has 0 spiro atoms. The third kappa shape index (κ3) is 3.73. The summed E-state index contributed by atoms with van der Waals surface area (Å²) >= 11 is 0. The number of carbonyl (C=O) groups excluding carboxylic acids is 1. The molecule has 0 aliphatic carbocycles. The standard InChI is InChI=1S/C11H12FN5O2/c1-7(11-14-16-17-15-11)13-10(18)6-19-9-4-2-8(12)3-5-9/h2-5,7H,6H2,1H3,(H,13,18)(H,14,15,16,17). The number of benzene rings is 1. The van der Waals surface area contributed by atoms with Crippen LogP contribution in [0.1, 0.15) is 18.8 Å². The Balaban J connectivity index is 1.80. The monoisotopic (exact) mass is 265 g/mol. The minimum absolute atomic E-state index is 0.173. The van der Waals surface area contributed by atoms with Gasteiger partial charge in [0.15, 0.2) is 12.4 Å². The van der Waals surface area contributed by atoms with E-state index in [2.05, 4.69) is 25.9 Å². The number of H-pyrrole nitrogens is 1. The summed E-state index contributed by atoms with van der Waals surface area (Å²) in [4.78, 5) is 11.6. The van der Waals surface area contributed by atoms with Gasteiger partial charge in [-0.1, -0.05) is 5.21 Å². The Labute approximate surface area is 108 Å². The molecular formula is C11H12FN5O2. The third-order valence-electron chi connectivity index (χ3n) is 2.31. The molecule has 0 saturated carbocycles. The first-order valence-corrected chi connectivity index (χ1v) is 5.56. The number of halogens is 1. The number of carbonyl (C=O) groups is 1. The summed E-state index contributed by atoms with van der Waals surface area (Å²) in [5, 5.41) is 15.8. The van der Waals surface area contributed by atoms with Gasteiger partial charge in [0, 0.05) is 0 Å². The molecule has 0 aliphatic heterocycles. The summed E-state index contributed by atoms with van der Waals surface area (Å²) in [5.41, 5.74) is 0. The molecule has 0 radical (unpaired) electrons. The van der Waals surface area contributed by atoms with Crippen molar-refractivity contribution >= 4 is 5.91 Å². The van der Waals surface area contributed by atoms with Gasteiger partial charge in [-0.15, -0.1) is 10.2 Å². The highest BCUT2D eigenvalue weighted by Gasteiger charge is 2.13. The first kappa shape index (κ1) is 12.9. The fourth-order valence-corrected chi connectivity index (χ4v) is 1.38. The average molecular weight is 265 g/mol. The molecule has 2 N–H and O–H groups in total. The SMILES string of the molecule is CC(NC(=O)COc1ccc(F)cc1)c1nn[nH]n1. The molecule has 8 heteroatoms. The number of aromatic nitrogens is 4. The lowest BCUT2D eigenvalue weighted by Crippen LogP contribution is -2.31. The zero-order chi connectivity index (χ0) is 13.7.